The van der Waals surface area contributed by atoms with Crippen molar-refractivity contribution in [3.8, 4) is 5.88 Å². The molecule has 1 aromatic heterocycles. The minimum absolute atomic E-state index is 0.0459. The third kappa shape index (κ3) is 4.39. The fourth-order valence-corrected chi connectivity index (χ4v) is 6.61. The van der Waals surface area contributed by atoms with Crippen molar-refractivity contribution in [1.29, 1.82) is 0 Å². The number of para-hydroxylation sites is 1. The first-order valence-corrected chi connectivity index (χ1v) is 13.7. The normalized spacial score (nSPS) is 24.7. The molecule has 1 saturated carbocycles. The first kappa shape index (κ1) is 24.6. The average molecular weight is 528 g/mol. The van der Waals surface area contributed by atoms with Crippen molar-refractivity contribution in [2.75, 3.05) is 39.3 Å². The Bertz CT molecular complexity index is 1450. The fraction of sp³-hybridized carbons (Fsp3) is 0.344. The molecule has 0 amide bonds. The van der Waals surface area contributed by atoms with E-state index in [9.17, 15) is 13.9 Å². The molecule has 5 nitrogen and oxygen atoms in total. The minimum Gasteiger partial charge on any atom is -0.475 e. The molecule has 2 heterocycles. The van der Waals surface area contributed by atoms with Gasteiger partial charge in [0.05, 0.1) is 23.4 Å². The van der Waals surface area contributed by atoms with Gasteiger partial charge in [0.15, 0.2) is 0 Å². The molecule has 1 saturated heterocycles. The van der Waals surface area contributed by atoms with E-state index in [0.29, 0.717) is 12.4 Å². The number of aliphatic hydroxyl groups excluding tert-OH is 1. The number of rotatable bonds is 6. The van der Waals surface area contributed by atoms with E-state index in [1.807, 2.05) is 84.9 Å². The molecule has 7 rings (SSSR count). The molecule has 0 radical (unpaired) electrons. The standard InChI is InChI=1S/C32H31F2N3O2/c33-32(34)29-23-8-2-4-10-25(23)31(26-11-5-3-9-24(26)30(29)32)37-17-15-36(16-18-37)19-22(38)20-39-28-14-13-21-7-1-6-12-27(21)35-28/h1-14,22,29-31,38H,15-20H2/t22-,29-,30+,31?/m1/s1. The molecule has 1 aliphatic heterocycles. The van der Waals surface area contributed by atoms with E-state index in [1.165, 1.54) is 0 Å². The number of pyridine rings is 1. The van der Waals surface area contributed by atoms with Gasteiger partial charge in [0.2, 0.25) is 5.88 Å². The summed E-state index contributed by atoms with van der Waals surface area (Å²) in [5.74, 6) is -3.68. The number of benzene rings is 3. The van der Waals surface area contributed by atoms with E-state index in [0.717, 1.165) is 59.3 Å². The van der Waals surface area contributed by atoms with E-state index in [1.54, 1.807) is 0 Å². The van der Waals surface area contributed by atoms with E-state index in [4.69, 9.17) is 4.74 Å². The molecule has 0 spiro atoms. The molecule has 7 heteroatoms. The van der Waals surface area contributed by atoms with Gasteiger partial charge < -0.3 is 9.84 Å². The van der Waals surface area contributed by atoms with E-state index in [2.05, 4.69) is 14.8 Å². The summed E-state index contributed by atoms with van der Waals surface area (Å²) in [6.07, 6.45) is -0.640. The van der Waals surface area contributed by atoms with Gasteiger partial charge in [-0.05, 0) is 34.4 Å². The number of aliphatic hydroxyl groups is 1. The number of hydrogen-bond donors (Lipinski definition) is 1. The fourth-order valence-electron chi connectivity index (χ4n) is 6.61. The highest BCUT2D eigenvalue weighted by molar-refractivity contribution is 5.78. The topological polar surface area (TPSA) is 48.8 Å². The molecular weight excluding hydrogens is 496 g/mol. The van der Waals surface area contributed by atoms with Gasteiger partial charge in [-0.25, -0.2) is 13.8 Å². The summed E-state index contributed by atoms with van der Waals surface area (Å²) >= 11 is 0. The Morgan fingerprint density at radius 1 is 0.795 bits per heavy atom. The number of hydrogen-bond acceptors (Lipinski definition) is 5. The van der Waals surface area contributed by atoms with Crippen LogP contribution in [0.5, 0.6) is 5.88 Å². The number of alkyl halides is 2. The lowest BCUT2D eigenvalue weighted by atomic mass is 9.90. The quantitative estimate of drug-likeness (QED) is 0.373. The van der Waals surface area contributed by atoms with Crippen molar-refractivity contribution >= 4 is 10.9 Å². The molecule has 3 aliphatic rings. The van der Waals surface area contributed by atoms with Crippen molar-refractivity contribution in [3.63, 3.8) is 0 Å². The zero-order valence-corrected chi connectivity index (χ0v) is 21.6. The van der Waals surface area contributed by atoms with Gasteiger partial charge in [0, 0.05) is 44.2 Å². The van der Waals surface area contributed by atoms with Gasteiger partial charge in [-0.1, -0.05) is 66.7 Å². The van der Waals surface area contributed by atoms with Gasteiger partial charge >= 0.3 is 0 Å². The lowest BCUT2D eigenvalue weighted by Crippen LogP contribution is -2.50. The van der Waals surface area contributed by atoms with Crippen LogP contribution in [0.1, 0.15) is 40.1 Å². The number of nitrogens with zero attached hydrogens (tertiary/aromatic N) is 3. The Labute approximate surface area is 226 Å². The lowest BCUT2D eigenvalue weighted by Gasteiger charge is -2.41. The zero-order valence-electron chi connectivity index (χ0n) is 21.6. The van der Waals surface area contributed by atoms with Gasteiger partial charge in [-0.15, -0.1) is 0 Å². The van der Waals surface area contributed by atoms with Crippen molar-refractivity contribution in [1.82, 2.24) is 14.8 Å². The second kappa shape index (κ2) is 9.66. The summed E-state index contributed by atoms with van der Waals surface area (Å²) in [4.78, 5) is 9.18. The second-order valence-corrected chi connectivity index (χ2v) is 10.9. The maximum absolute atomic E-state index is 15.0. The summed E-state index contributed by atoms with van der Waals surface area (Å²) in [7, 11) is 0. The maximum atomic E-state index is 15.0. The van der Waals surface area contributed by atoms with Crippen molar-refractivity contribution < 1.29 is 18.6 Å². The predicted molar refractivity (Wildman–Crippen MR) is 146 cm³/mol. The highest BCUT2D eigenvalue weighted by Gasteiger charge is 2.71. The lowest BCUT2D eigenvalue weighted by molar-refractivity contribution is 0.0389. The van der Waals surface area contributed by atoms with E-state index in [-0.39, 0.29) is 12.6 Å². The Morgan fingerprint density at radius 3 is 2.05 bits per heavy atom. The third-order valence-corrected chi connectivity index (χ3v) is 8.54. The molecule has 2 fully saturated rings. The van der Waals surface area contributed by atoms with E-state index >= 15 is 0 Å². The second-order valence-electron chi connectivity index (χ2n) is 10.9. The maximum Gasteiger partial charge on any atom is 0.263 e. The molecule has 200 valence electrons. The van der Waals surface area contributed by atoms with Gasteiger partial charge in [0.1, 0.15) is 12.7 Å². The molecule has 3 aromatic carbocycles. The molecule has 4 aromatic rings. The molecule has 0 bridgehead atoms. The van der Waals surface area contributed by atoms with Crippen LogP contribution < -0.4 is 4.74 Å². The molecular formula is C32H31F2N3O2. The van der Waals surface area contributed by atoms with E-state index < -0.39 is 23.9 Å². The van der Waals surface area contributed by atoms with Gasteiger partial charge in [-0.3, -0.25) is 9.80 Å². The zero-order chi connectivity index (χ0) is 26.6. The number of fused-ring (bicyclic) bond motifs is 6. The van der Waals surface area contributed by atoms with Gasteiger partial charge in [0.25, 0.3) is 5.92 Å². The van der Waals surface area contributed by atoms with Crippen LogP contribution in [0.25, 0.3) is 10.9 Å². The first-order chi connectivity index (χ1) is 19.0. The Hall–Kier alpha value is -3.39. The Morgan fingerprint density at radius 2 is 1.38 bits per heavy atom. The van der Waals surface area contributed by atoms with Crippen LogP contribution in [0.2, 0.25) is 0 Å². The number of halogens is 2. The molecule has 4 atom stereocenters. The summed E-state index contributed by atoms with van der Waals surface area (Å²) < 4.78 is 35.7. The summed E-state index contributed by atoms with van der Waals surface area (Å²) in [5.41, 5.74) is 4.43. The van der Waals surface area contributed by atoms with Crippen LogP contribution >= 0.6 is 0 Å². The molecule has 2 aliphatic carbocycles. The highest BCUT2D eigenvalue weighted by atomic mass is 19.3. The van der Waals surface area contributed by atoms with Crippen LogP contribution in [0.4, 0.5) is 8.78 Å². The van der Waals surface area contributed by atoms with Crippen LogP contribution in [0.3, 0.4) is 0 Å². The largest absolute Gasteiger partial charge is 0.475 e. The molecule has 1 N–H and O–H groups in total. The molecule has 39 heavy (non-hydrogen) atoms. The van der Waals surface area contributed by atoms with Crippen LogP contribution in [0.15, 0.2) is 84.9 Å². The van der Waals surface area contributed by atoms with Crippen molar-refractivity contribution in [2.45, 2.75) is 29.9 Å². The Balaban J connectivity index is 1.02. The summed E-state index contributed by atoms with van der Waals surface area (Å²) in [6, 6.07) is 27.2. The SMILES string of the molecule is O[C@@H](COc1ccc2ccccc2n1)CN1CCN(C2c3ccccc3[C@@H]3[C@H](c4ccccc42)C3(F)F)CC1. The summed E-state index contributed by atoms with van der Waals surface area (Å²) in [5, 5.41) is 11.7. The van der Waals surface area contributed by atoms with Crippen LogP contribution in [0, 0.1) is 0 Å². The number of β-amino-alcohol motifs (C(OH)–C–C–N with tert-alkyl or cyclic N) is 1. The first-order valence-electron chi connectivity index (χ1n) is 13.7. The number of ether oxygens (including phenoxy) is 1. The summed E-state index contributed by atoms with van der Waals surface area (Å²) in [6.45, 7) is 3.84. The van der Waals surface area contributed by atoms with Crippen LogP contribution in [-0.2, 0) is 0 Å². The minimum atomic E-state index is -2.70. The van der Waals surface area contributed by atoms with Crippen molar-refractivity contribution in [3.05, 3.63) is 107 Å². The molecule has 1 unspecified atom stereocenters. The Kier molecular flexibility index (Phi) is 6.10. The van der Waals surface area contributed by atoms with Crippen LogP contribution in [-0.4, -0.2) is 71.2 Å². The van der Waals surface area contributed by atoms with Crippen molar-refractivity contribution in [2.24, 2.45) is 0 Å². The highest BCUT2D eigenvalue weighted by Crippen LogP contribution is 2.70. The smallest absolute Gasteiger partial charge is 0.263 e. The monoisotopic (exact) mass is 527 g/mol. The van der Waals surface area contributed by atoms with Gasteiger partial charge in [-0.2, -0.15) is 0 Å². The third-order valence-electron chi connectivity index (χ3n) is 8.54. The number of aromatic nitrogens is 1. The number of piperazine rings is 1. The average Bonchev–Trinajstić information content (AvgIpc) is 3.58. The predicted octanol–water partition coefficient (Wildman–Crippen LogP) is 5.21.